The molecule has 0 amide bonds. The highest BCUT2D eigenvalue weighted by molar-refractivity contribution is 7.25. The summed E-state index contributed by atoms with van der Waals surface area (Å²) in [6.45, 7) is 0. The molecular weight excluding hydrogens is 769 g/mol. The Balaban J connectivity index is 0.961. The van der Waals surface area contributed by atoms with E-state index in [-0.39, 0.29) is 0 Å². The Morgan fingerprint density at radius 3 is 1.55 bits per heavy atom. The molecule has 0 aliphatic heterocycles. The van der Waals surface area contributed by atoms with E-state index in [2.05, 4.69) is 224 Å². The lowest BCUT2D eigenvalue weighted by atomic mass is 9.67. The van der Waals surface area contributed by atoms with Crippen LogP contribution in [0.25, 0.3) is 87.5 Å². The average molecular weight is 807 g/mol. The van der Waals surface area contributed by atoms with Crippen molar-refractivity contribution in [3.05, 3.63) is 253 Å². The number of hydrogen-bond acceptors (Lipinski definition) is 3. The van der Waals surface area contributed by atoms with Crippen molar-refractivity contribution in [2.45, 2.75) is 5.41 Å². The highest BCUT2D eigenvalue weighted by atomic mass is 32.1. The Hall–Kier alpha value is -7.72. The molecule has 2 nitrogen and oxygen atoms in total. The summed E-state index contributed by atoms with van der Waals surface area (Å²) in [5.41, 5.74) is 16.6. The van der Waals surface area contributed by atoms with Crippen LogP contribution in [0, 0.1) is 0 Å². The monoisotopic (exact) mass is 806 g/mol. The van der Waals surface area contributed by atoms with E-state index in [0.29, 0.717) is 5.82 Å². The maximum absolute atomic E-state index is 5.31. The molecule has 1 aliphatic carbocycles. The predicted molar refractivity (Wildman–Crippen MR) is 259 cm³/mol. The van der Waals surface area contributed by atoms with Gasteiger partial charge < -0.3 is 0 Å². The second kappa shape index (κ2) is 14.8. The second-order valence-corrected chi connectivity index (χ2v) is 17.2. The summed E-state index contributed by atoms with van der Waals surface area (Å²) >= 11 is 1.86. The van der Waals surface area contributed by atoms with E-state index in [4.69, 9.17) is 9.97 Å². The number of aromatic nitrogens is 2. The fourth-order valence-electron chi connectivity index (χ4n) is 9.68. The highest BCUT2D eigenvalue weighted by Crippen LogP contribution is 2.56. The van der Waals surface area contributed by atoms with Gasteiger partial charge in [-0.25, -0.2) is 9.97 Å². The Morgan fingerprint density at radius 2 is 0.823 bits per heavy atom. The van der Waals surface area contributed by atoms with Crippen LogP contribution in [0.5, 0.6) is 0 Å². The highest BCUT2D eigenvalue weighted by Gasteiger charge is 2.46. The normalized spacial score (nSPS) is 12.6. The van der Waals surface area contributed by atoms with Gasteiger partial charge in [0.05, 0.1) is 16.8 Å². The zero-order chi connectivity index (χ0) is 41.0. The third-order valence-electron chi connectivity index (χ3n) is 12.6. The molecule has 9 aromatic carbocycles. The number of rotatable bonds is 7. The van der Waals surface area contributed by atoms with Gasteiger partial charge in [0.2, 0.25) is 0 Å². The minimum absolute atomic E-state index is 0.502. The lowest BCUT2D eigenvalue weighted by molar-refractivity contribution is 0.768. The third-order valence-corrected chi connectivity index (χ3v) is 13.7. The van der Waals surface area contributed by atoms with Crippen LogP contribution in [0.1, 0.15) is 22.3 Å². The molecule has 62 heavy (non-hydrogen) atoms. The van der Waals surface area contributed by atoms with Crippen molar-refractivity contribution < 1.29 is 0 Å². The van der Waals surface area contributed by atoms with Gasteiger partial charge >= 0.3 is 0 Å². The summed E-state index contributed by atoms with van der Waals surface area (Å²) in [4.78, 5) is 10.6. The van der Waals surface area contributed by atoms with E-state index in [1.54, 1.807) is 0 Å². The zero-order valence-electron chi connectivity index (χ0n) is 33.7. The molecule has 290 valence electrons. The van der Waals surface area contributed by atoms with Crippen LogP contribution in [-0.2, 0) is 5.41 Å². The minimum atomic E-state index is -0.502. The number of fused-ring (bicyclic) bond motifs is 6. The van der Waals surface area contributed by atoms with E-state index >= 15 is 0 Å². The quantitative estimate of drug-likeness (QED) is 0.160. The smallest absolute Gasteiger partial charge is 0.160 e. The largest absolute Gasteiger partial charge is 0.228 e. The first-order valence-corrected chi connectivity index (χ1v) is 22.0. The molecule has 3 heteroatoms. The molecule has 0 atom stereocenters. The van der Waals surface area contributed by atoms with Gasteiger partial charge in [-0.05, 0) is 86.0 Å². The van der Waals surface area contributed by atoms with Gasteiger partial charge in [-0.2, -0.15) is 0 Å². The molecule has 0 saturated heterocycles. The van der Waals surface area contributed by atoms with Crippen molar-refractivity contribution in [1.82, 2.24) is 9.97 Å². The first-order chi connectivity index (χ1) is 30.7. The molecule has 0 N–H and O–H groups in total. The second-order valence-electron chi connectivity index (χ2n) is 16.1. The van der Waals surface area contributed by atoms with Gasteiger partial charge in [0.25, 0.3) is 0 Å². The molecule has 0 saturated carbocycles. The van der Waals surface area contributed by atoms with E-state index < -0.39 is 5.41 Å². The summed E-state index contributed by atoms with van der Waals surface area (Å²) in [5.74, 6) is 0.699. The van der Waals surface area contributed by atoms with Gasteiger partial charge in [0.1, 0.15) is 0 Å². The van der Waals surface area contributed by atoms with Gasteiger partial charge in [0.15, 0.2) is 5.82 Å². The molecule has 1 aliphatic rings. The van der Waals surface area contributed by atoms with E-state index in [9.17, 15) is 0 Å². The summed E-state index contributed by atoms with van der Waals surface area (Å²) in [6, 6.07) is 83.4. The first kappa shape index (κ1) is 36.2. The zero-order valence-corrected chi connectivity index (χ0v) is 34.6. The van der Waals surface area contributed by atoms with Gasteiger partial charge in [0, 0.05) is 36.9 Å². The fourth-order valence-corrected chi connectivity index (χ4v) is 10.8. The van der Waals surface area contributed by atoms with Crippen LogP contribution < -0.4 is 0 Å². The lowest BCUT2D eigenvalue weighted by Crippen LogP contribution is -2.28. The maximum Gasteiger partial charge on any atom is 0.160 e. The van der Waals surface area contributed by atoms with Crippen LogP contribution in [0.4, 0.5) is 0 Å². The molecule has 2 aromatic heterocycles. The van der Waals surface area contributed by atoms with Crippen molar-refractivity contribution in [1.29, 1.82) is 0 Å². The molecule has 0 radical (unpaired) electrons. The minimum Gasteiger partial charge on any atom is -0.228 e. The van der Waals surface area contributed by atoms with Crippen LogP contribution >= 0.6 is 11.3 Å². The number of nitrogens with zero attached hydrogens (tertiary/aromatic N) is 2. The lowest BCUT2D eigenvalue weighted by Gasteiger charge is -2.34. The topological polar surface area (TPSA) is 25.8 Å². The summed E-state index contributed by atoms with van der Waals surface area (Å²) < 4.78 is 2.64. The van der Waals surface area contributed by atoms with Crippen molar-refractivity contribution in [2.75, 3.05) is 0 Å². The molecule has 0 bridgehead atoms. The molecule has 2 heterocycles. The number of benzene rings is 9. The number of thiophene rings is 1. The van der Waals surface area contributed by atoms with Crippen molar-refractivity contribution in [3.8, 4) is 67.3 Å². The summed E-state index contributed by atoms with van der Waals surface area (Å²) in [6.07, 6.45) is 0. The third kappa shape index (κ3) is 5.93. The molecule has 0 fully saturated rings. The summed E-state index contributed by atoms with van der Waals surface area (Å²) in [5, 5.41) is 2.65. The standard InChI is InChI=1S/C59H38N2S/c1-4-15-41(16-5-1)58-60-54(44-18-14-17-42(35-44)39-27-29-40(30-28-39)43-31-34-51-50-24-11-13-26-56(50)62-57(51)37-43)38-55(61-58)45-32-33-49-48-23-10-12-25-52(48)59(53(49)36-45,46-19-6-2-7-20-46)47-21-8-3-9-22-47/h1-38H. The van der Waals surface area contributed by atoms with Crippen LogP contribution in [0.3, 0.4) is 0 Å². The molecule has 0 spiro atoms. The van der Waals surface area contributed by atoms with E-state index in [0.717, 1.165) is 39.2 Å². The van der Waals surface area contributed by atoms with Crippen molar-refractivity contribution >= 4 is 31.5 Å². The predicted octanol–water partition coefficient (Wildman–Crippen LogP) is 15.5. The summed E-state index contributed by atoms with van der Waals surface area (Å²) in [7, 11) is 0. The molecular formula is C59H38N2S. The van der Waals surface area contributed by atoms with Crippen LogP contribution in [0.2, 0.25) is 0 Å². The Labute approximate surface area is 365 Å². The average Bonchev–Trinajstić information content (AvgIpc) is 3.88. The van der Waals surface area contributed by atoms with Crippen molar-refractivity contribution in [2.24, 2.45) is 0 Å². The molecule has 11 aromatic rings. The van der Waals surface area contributed by atoms with Gasteiger partial charge in [-0.15, -0.1) is 11.3 Å². The Kier molecular flexibility index (Phi) is 8.62. The maximum atomic E-state index is 5.31. The van der Waals surface area contributed by atoms with Gasteiger partial charge in [-0.3, -0.25) is 0 Å². The first-order valence-electron chi connectivity index (χ1n) is 21.1. The fraction of sp³-hybridized carbons (Fsp3) is 0.0169. The van der Waals surface area contributed by atoms with Crippen LogP contribution in [0.15, 0.2) is 231 Å². The Morgan fingerprint density at radius 1 is 0.306 bits per heavy atom. The molecule has 12 rings (SSSR count). The van der Waals surface area contributed by atoms with Crippen LogP contribution in [-0.4, -0.2) is 9.97 Å². The SMILES string of the molecule is c1ccc(-c2nc(-c3cccc(-c4ccc(-c5ccc6c(c5)sc5ccccc56)cc4)c3)cc(-c3ccc4c(c3)C(c3ccccc3)(c3ccccc3)c3ccccc3-4)n2)cc1. The van der Waals surface area contributed by atoms with Crippen molar-refractivity contribution in [3.63, 3.8) is 0 Å². The van der Waals surface area contributed by atoms with E-state index in [1.165, 1.54) is 64.7 Å². The van der Waals surface area contributed by atoms with E-state index in [1.807, 2.05) is 17.4 Å². The van der Waals surface area contributed by atoms with Gasteiger partial charge in [-0.1, -0.05) is 200 Å². The molecule has 0 unspecified atom stereocenters. The number of hydrogen-bond donors (Lipinski definition) is 0. The Bertz CT molecular complexity index is 3400.